The number of allylic oxidation sites excluding steroid dienone is 1. The summed E-state index contributed by atoms with van der Waals surface area (Å²) in [7, 11) is 1.59. The van der Waals surface area contributed by atoms with E-state index < -0.39 is 11.8 Å². The van der Waals surface area contributed by atoms with Gasteiger partial charge in [0.05, 0.1) is 13.0 Å². The lowest BCUT2D eigenvalue weighted by atomic mass is 9.75. The summed E-state index contributed by atoms with van der Waals surface area (Å²) in [4.78, 5) is 49.7. The number of methoxy groups -OCH3 is 1. The quantitative estimate of drug-likeness (QED) is 0.652. The smallest absolute Gasteiger partial charge is 0.232 e. The SMILES string of the molecule is COc1ccc([C@@H]2CC(=O)C3=C(C2)NC(=O)C[C@@H]3C(=O)Nc2ccc(NC(C)=O)cc2)cc1. The molecule has 0 unspecified atom stereocenters. The number of Topliss-reactive ketones (excluding diaryl/α,β-unsaturated/α-hetero) is 1. The van der Waals surface area contributed by atoms with Crippen LogP contribution in [0.1, 0.15) is 37.7 Å². The second kappa shape index (κ2) is 9.28. The molecule has 4 rings (SSSR count). The van der Waals surface area contributed by atoms with Crippen molar-refractivity contribution in [2.45, 2.75) is 32.1 Å². The van der Waals surface area contributed by atoms with Gasteiger partial charge in [0, 0.05) is 42.4 Å². The molecule has 8 heteroatoms. The predicted octanol–water partition coefficient (Wildman–Crippen LogP) is 3.13. The van der Waals surface area contributed by atoms with Gasteiger partial charge < -0.3 is 20.7 Å². The maximum atomic E-state index is 13.1. The van der Waals surface area contributed by atoms with Crippen LogP contribution < -0.4 is 20.7 Å². The Morgan fingerprint density at radius 2 is 1.55 bits per heavy atom. The Bertz CT molecular complexity index is 1140. The zero-order valence-corrected chi connectivity index (χ0v) is 18.4. The molecule has 0 fully saturated rings. The number of carbonyl (C=O) groups is 4. The standard InChI is InChI=1S/C25H25N3O5/c1-14(29)26-17-5-7-18(8-6-17)27-25(32)20-13-23(31)28-21-11-16(12-22(30)24(20)21)15-3-9-19(33-2)10-4-15/h3-10,16,20H,11-13H2,1-2H3,(H,26,29)(H,27,32)(H,28,31)/t16-,20-/m0/s1. The minimum absolute atomic E-state index is 0.0758. The summed E-state index contributed by atoms with van der Waals surface area (Å²) in [6.45, 7) is 1.41. The highest BCUT2D eigenvalue weighted by Crippen LogP contribution is 2.39. The van der Waals surface area contributed by atoms with Crippen LogP contribution >= 0.6 is 0 Å². The monoisotopic (exact) mass is 447 g/mol. The van der Waals surface area contributed by atoms with Crippen molar-refractivity contribution in [2.75, 3.05) is 17.7 Å². The lowest BCUT2D eigenvalue weighted by molar-refractivity contribution is -0.129. The third-order valence-corrected chi connectivity index (χ3v) is 5.91. The van der Waals surface area contributed by atoms with Gasteiger partial charge in [0.2, 0.25) is 17.7 Å². The van der Waals surface area contributed by atoms with E-state index in [1.54, 1.807) is 31.4 Å². The number of ether oxygens (including phenoxy) is 1. The van der Waals surface area contributed by atoms with E-state index in [1.165, 1.54) is 6.92 Å². The highest BCUT2D eigenvalue weighted by Gasteiger charge is 2.40. The van der Waals surface area contributed by atoms with E-state index in [4.69, 9.17) is 4.74 Å². The van der Waals surface area contributed by atoms with Crippen molar-refractivity contribution in [3.8, 4) is 5.75 Å². The van der Waals surface area contributed by atoms with Crippen LogP contribution in [0.5, 0.6) is 5.75 Å². The van der Waals surface area contributed by atoms with Crippen LogP contribution in [0.15, 0.2) is 59.8 Å². The molecule has 2 atom stereocenters. The summed E-state index contributed by atoms with van der Waals surface area (Å²) in [5, 5.41) is 8.27. The molecule has 0 radical (unpaired) electrons. The first-order chi connectivity index (χ1) is 15.8. The first kappa shape index (κ1) is 22.3. The van der Waals surface area contributed by atoms with Gasteiger partial charge >= 0.3 is 0 Å². The summed E-state index contributed by atoms with van der Waals surface area (Å²) in [6.07, 6.45) is 0.679. The van der Waals surface area contributed by atoms with Crippen molar-refractivity contribution in [1.82, 2.24) is 5.32 Å². The summed E-state index contributed by atoms with van der Waals surface area (Å²) >= 11 is 0. The molecule has 1 aliphatic heterocycles. The second-order valence-electron chi connectivity index (χ2n) is 8.25. The molecule has 2 aliphatic rings. The number of nitrogens with one attached hydrogen (secondary N) is 3. The van der Waals surface area contributed by atoms with Crippen LogP contribution in [-0.4, -0.2) is 30.6 Å². The molecule has 2 aromatic carbocycles. The highest BCUT2D eigenvalue weighted by atomic mass is 16.5. The largest absolute Gasteiger partial charge is 0.497 e. The molecule has 3 amide bonds. The first-order valence-corrected chi connectivity index (χ1v) is 10.7. The van der Waals surface area contributed by atoms with Crippen molar-refractivity contribution in [1.29, 1.82) is 0 Å². The number of carbonyl (C=O) groups excluding carboxylic acids is 4. The molecular formula is C25H25N3O5. The Morgan fingerprint density at radius 3 is 2.15 bits per heavy atom. The van der Waals surface area contributed by atoms with Crippen molar-refractivity contribution in [2.24, 2.45) is 5.92 Å². The van der Waals surface area contributed by atoms with Gasteiger partial charge in [0.1, 0.15) is 5.75 Å². The molecule has 2 aromatic rings. The number of anilines is 2. The van der Waals surface area contributed by atoms with Crippen LogP contribution in [0.3, 0.4) is 0 Å². The van der Waals surface area contributed by atoms with Gasteiger partial charge in [-0.1, -0.05) is 12.1 Å². The van der Waals surface area contributed by atoms with Crippen LogP contribution in [0.2, 0.25) is 0 Å². The molecule has 0 spiro atoms. The molecule has 8 nitrogen and oxygen atoms in total. The Hall–Kier alpha value is -3.94. The number of hydrogen-bond acceptors (Lipinski definition) is 5. The lowest BCUT2D eigenvalue weighted by Gasteiger charge is -2.33. The zero-order valence-electron chi connectivity index (χ0n) is 18.4. The summed E-state index contributed by atoms with van der Waals surface area (Å²) < 4.78 is 5.19. The first-order valence-electron chi connectivity index (χ1n) is 10.7. The summed E-state index contributed by atoms with van der Waals surface area (Å²) in [5.74, 6) is -1.19. The van der Waals surface area contributed by atoms with E-state index in [0.717, 1.165) is 11.3 Å². The van der Waals surface area contributed by atoms with Crippen molar-refractivity contribution in [3.63, 3.8) is 0 Å². The van der Waals surface area contributed by atoms with E-state index in [2.05, 4.69) is 16.0 Å². The molecule has 0 saturated carbocycles. The third-order valence-electron chi connectivity index (χ3n) is 5.91. The Kier molecular flexibility index (Phi) is 6.26. The molecule has 1 heterocycles. The topological polar surface area (TPSA) is 114 Å². The van der Waals surface area contributed by atoms with Crippen LogP contribution in [0.4, 0.5) is 11.4 Å². The Morgan fingerprint density at radius 1 is 0.909 bits per heavy atom. The van der Waals surface area contributed by atoms with E-state index in [-0.39, 0.29) is 36.4 Å². The maximum absolute atomic E-state index is 13.1. The molecule has 0 saturated heterocycles. The van der Waals surface area contributed by atoms with Crippen molar-refractivity contribution < 1.29 is 23.9 Å². The average molecular weight is 447 g/mol. The number of ketones is 1. The lowest BCUT2D eigenvalue weighted by Crippen LogP contribution is -2.43. The van der Waals surface area contributed by atoms with Crippen LogP contribution in [0.25, 0.3) is 0 Å². The van der Waals surface area contributed by atoms with Crippen LogP contribution in [-0.2, 0) is 19.2 Å². The maximum Gasteiger partial charge on any atom is 0.232 e. The van der Waals surface area contributed by atoms with Gasteiger partial charge in [-0.3, -0.25) is 19.2 Å². The Balaban J connectivity index is 1.53. The number of amides is 3. The van der Waals surface area contributed by atoms with E-state index in [0.29, 0.717) is 29.1 Å². The normalized spacial score (nSPS) is 19.9. The second-order valence-corrected chi connectivity index (χ2v) is 8.25. The van der Waals surface area contributed by atoms with Gasteiger partial charge in [0.15, 0.2) is 5.78 Å². The molecule has 0 aromatic heterocycles. The van der Waals surface area contributed by atoms with Gasteiger partial charge in [0.25, 0.3) is 0 Å². The highest BCUT2D eigenvalue weighted by molar-refractivity contribution is 6.09. The van der Waals surface area contributed by atoms with Crippen LogP contribution in [0, 0.1) is 5.92 Å². The molecular weight excluding hydrogens is 422 g/mol. The third kappa shape index (κ3) is 4.95. The van der Waals surface area contributed by atoms with Gasteiger partial charge in [-0.05, 0) is 54.3 Å². The molecule has 1 aliphatic carbocycles. The number of benzene rings is 2. The average Bonchev–Trinajstić information content (AvgIpc) is 2.79. The zero-order chi connectivity index (χ0) is 23.5. The molecule has 170 valence electrons. The van der Waals surface area contributed by atoms with Gasteiger partial charge in [-0.15, -0.1) is 0 Å². The summed E-state index contributed by atoms with van der Waals surface area (Å²) in [5.41, 5.74) is 3.03. The fourth-order valence-electron chi connectivity index (χ4n) is 4.37. The molecule has 0 bridgehead atoms. The molecule has 33 heavy (non-hydrogen) atoms. The van der Waals surface area contributed by atoms with Gasteiger partial charge in [-0.2, -0.15) is 0 Å². The predicted molar refractivity (Wildman–Crippen MR) is 123 cm³/mol. The number of hydrogen-bond donors (Lipinski definition) is 3. The molecule has 3 N–H and O–H groups in total. The van der Waals surface area contributed by atoms with E-state index in [9.17, 15) is 19.2 Å². The van der Waals surface area contributed by atoms with Crippen molar-refractivity contribution >= 4 is 34.9 Å². The fourth-order valence-corrected chi connectivity index (χ4v) is 4.37. The minimum Gasteiger partial charge on any atom is -0.497 e. The van der Waals surface area contributed by atoms with E-state index in [1.807, 2.05) is 24.3 Å². The number of rotatable bonds is 5. The summed E-state index contributed by atoms with van der Waals surface area (Å²) in [6, 6.07) is 14.2. The fraction of sp³-hybridized carbons (Fsp3) is 0.280. The Labute approximate surface area is 191 Å². The van der Waals surface area contributed by atoms with Crippen molar-refractivity contribution in [3.05, 3.63) is 65.4 Å². The van der Waals surface area contributed by atoms with E-state index >= 15 is 0 Å². The van der Waals surface area contributed by atoms with Gasteiger partial charge in [-0.25, -0.2) is 0 Å². The minimum atomic E-state index is -0.840.